The van der Waals surface area contributed by atoms with Crippen LogP contribution in [0.3, 0.4) is 0 Å². The molecule has 1 aliphatic heterocycles. The van der Waals surface area contributed by atoms with E-state index in [0.717, 1.165) is 79.6 Å². The Balaban J connectivity index is 1.39. The third kappa shape index (κ3) is 4.57. The van der Waals surface area contributed by atoms with E-state index in [2.05, 4.69) is 50.6 Å². The first-order valence-corrected chi connectivity index (χ1v) is 13.3. The van der Waals surface area contributed by atoms with Crippen molar-refractivity contribution < 1.29 is 0 Å². The molecule has 4 aromatic rings. The fraction of sp³-hybridized carbons (Fsp3) is 0.379. The summed E-state index contributed by atoms with van der Waals surface area (Å²) in [6.45, 7) is 7.99. The first kappa shape index (κ1) is 23.6. The van der Waals surface area contributed by atoms with Gasteiger partial charge in [-0.25, -0.2) is 9.97 Å². The van der Waals surface area contributed by atoms with E-state index in [-0.39, 0.29) is 11.6 Å². The van der Waals surface area contributed by atoms with Gasteiger partial charge in [0.25, 0.3) is 5.56 Å². The molecule has 0 amide bonds. The smallest absolute Gasteiger partial charge is 0.260 e. The number of benzene rings is 1. The van der Waals surface area contributed by atoms with Crippen LogP contribution in [-0.4, -0.2) is 45.7 Å². The molecule has 0 atom stereocenters. The maximum Gasteiger partial charge on any atom is 0.260 e. The fourth-order valence-corrected chi connectivity index (χ4v) is 5.64. The second kappa shape index (κ2) is 9.94. The molecule has 6 rings (SSSR count). The number of piperazine rings is 1. The van der Waals surface area contributed by atoms with Gasteiger partial charge in [-0.3, -0.25) is 9.36 Å². The van der Waals surface area contributed by atoms with Crippen molar-refractivity contribution in [2.24, 2.45) is 0 Å². The Hall–Kier alpha value is -3.78. The van der Waals surface area contributed by atoms with Gasteiger partial charge in [-0.05, 0) is 49.9 Å². The highest BCUT2D eigenvalue weighted by atomic mass is 16.1. The summed E-state index contributed by atoms with van der Waals surface area (Å²) < 4.78 is 1.93. The van der Waals surface area contributed by atoms with Crippen LogP contribution in [0.2, 0.25) is 0 Å². The molecule has 8 nitrogen and oxygen atoms in total. The van der Waals surface area contributed by atoms with Gasteiger partial charge >= 0.3 is 0 Å². The van der Waals surface area contributed by atoms with Gasteiger partial charge in [0.1, 0.15) is 11.5 Å². The van der Waals surface area contributed by atoms with Crippen molar-refractivity contribution in [3.05, 3.63) is 70.3 Å². The zero-order chi connectivity index (χ0) is 25.4. The average molecular weight is 496 g/mol. The first-order chi connectivity index (χ1) is 18.1. The molecule has 8 heteroatoms. The van der Waals surface area contributed by atoms with Crippen LogP contribution in [0.1, 0.15) is 42.9 Å². The van der Waals surface area contributed by atoms with Crippen LogP contribution in [0.25, 0.3) is 22.2 Å². The van der Waals surface area contributed by atoms with Gasteiger partial charge < -0.3 is 15.5 Å². The summed E-state index contributed by atoms with van der Waals surface area (Å²) >= 11 is 0. The standard InChI is InChI=1S/C29H33N7O/c1-19-7-9-21(10-8-19)26-20(2)24-18-32-29(34-27(24)36(28(26)37)22-5-3-4-6-22)33-25-12-11-23(17-31-25)35-15-13-30-14-16-35/h7-12,17-18,22,30H,3-6,13-16H2,1-2H3,(H,31,32,33,34). The van der Waals surface area contributed by atoms with E-state index in [0.29, 0.717) is 17.4 Å². The summed E-state index contributed by atoms with van der Waals surface area (Å²) in [5.74, 6) is 1.13. The molecule has 0 spiro atoms. The molecular weight excluding hydrogens is 462 g/mol. The zero-order valence-corrected chi connectivity index (χ0v) is 21.5. The van der Waals surface area contributed by atoms with Gasteiger partial charge in [0.15, 0.2) is 0 Å². The average Bonchev–Trinajstić information content (AvgIpc) is 3.45. The lowest BCUT2D eigenvalue weighted by Gasteiger charge is -2.29. The molecule has 2 aliphatic rings. The molecule has 0 radical (unpaired) electrons. The Labute approximate surface area is 216 Å². The van der Waals surface area contributed by atoms with Gasteiger partial charge in [0.05, 0.1) is 17.4 Å². The van der Waals surface area contributed by atoms with Crippen molar-refractivity contribution in [2.45, 2.75) is 45.6 Å². The number of aromatic nitrogens is 4. The molecule has 4 heterocycles. The van der Waals surface area contributed by atoms with Gasteiger partial charge in [-0.15, -0.1) is 0 Å². The molecule has 0 unspecified atom stereocenters. The number of hydrogen-bond acceptors (Lipinski definition) is 7. The lowest BCUT2D eigenvalue weighted by atomic mass is 9.98. The van der Waals surface area contributed by atoms with Crippen LogP contribution in [0.5, 0.6) is 0 Å². The Morgan fingerprint density at radius 3 is 2.41 bits per heavy atom. The van der Waals surface area contributed by atoms with Crippen LogP contribution < -0.4 is 21.1 Å². The first-order valence-electron chi connectivity index (χ1n) is 13.3. The van der Waals surface area contributed by atoms with Gasteiger partial charge in [-0.1, -0.05) is 42.7 Å². The lowest BCUT2D eigenvalue weighted by molar-refractivity contribution is 0.516. The van der Waals surface area contributed by atoms with E-state index < -0.39 is 0 Å². The van der Waals surface area contributed by atoms with Crippen LogP contribution >= 0.6 is 0 Å². The Bertz CT molecular complexity index is 1470. The minimum atomic E-state index is 0.0314. The number of nitrogens with zero attached hydrogens (tertiary/aromatic N) is 5. The van der Waals surface area contributed by atoms with Crippen LogP contribution in [0.4, 0.5) is 17.5 Å². The summed E-state index contributed by atoms with van der Waals surface area (Å²) in [5.41, 5.74) is 5.62. The number of anilines is 3. The number of pyridine rings is 2. The molecular formula is C29H33N7O. The number of hydrogen-bond donors (Lipinski definition) is 2. The molecule has 1 aromatic carbocycles. The van der Waals surface area contributed by atoms with E-state index in [1.165, 1.54) is 5.56 Å². The van der Waals surface area contributed by atoms with Crippen molar-refractivity contribution in [2.75, 3.05) is 36.4 Å². The minimum absolute atomic E-state index is 0.0314. The molecule has 0 bridgehead atoms. The third-order valence-electron chi connectivity index (χ3n) is 7.71. The summed E-state index contributed by atoms with van der Waals surface area (Å²) in [4.78, 5) is 30.4. The lowest BCUT2D eigenvalue weighted by Crippen LogP contribution is -2.43. The SMILES string of the molecule is Cc1ccc(-c2c(C)c3cnc(Nc4ccc(N5CCNCC5)cn4)nc3n(C3CCCC3)c2=O)cc1. The maximum absolute atomic E-state index is 14.0. The number of fused-ring (bicyclic) bond motifs is 1. The van der Waals surface area contributed by atoms with Crippen molar-refractivity contribution in [1.82, 2.24) is 24.8 Å². The Morgan fingerprint density at radius 1 is 0.946 bits per heavy atom. The van der Waals surface area contributed by atoms with Crippen molar-refractivity contribution >= 4 is 28.5 Å². The van der Waals surface area contributed by atoms with Crippen LogP contribution in [-0.2, 0) is 0 Å². The highest BCUT2D eigenvalue weighted by Crippen LogP contribution is 2.34. The normalized spacial score (nSPS) is 16.4. The highest BCUT2D eigenvalue weighted by molar-refractivity contribution is 5.86. The van der Waals surface area contributed by atoms with E-state index in [9.17, 15) is 4.79 Å². The monoisotopic (exact) mass is 495 g/mol. The Kier molecular flexibility index (Phi) is 6.34. The number of aryl methyl sites for hydroxylation is 2. The van der Waals surface area contributed by atoms with Crippen LogP contribution in [0.15, 0.2) is 53.6 Å². The van der Waals surface area contributed by atoms with E-state index in [1.807, 2.05) is 42.1 Å². The Morgan fingerprint density at radius 2 is 1.70 bits per heavy atom. The van der Waals surface area contributed by atoms with E-state index in [4.69, 9.17) is 4.98 Å². The predicted octanol–water partition coefficient (Wildman–Crippen LogP) is 4.74. The molecule has 3 aromatic heterocycles. The molecule has 1 aliphatic carbocycles. The summed E-state index contributed by atoms with van der Waals surface area (Å²) in [7, 11) is 0. The minimum Gasteiger partial charge on any atom is -0.368 e. The predicted molar refractivity (Wildman–Crippen MR) is 149 cm³/mol. The second-order valence-electron chi connectivity index (χ2n) is 10.2. The highest BCUT2D eigenvalue weighted by Gasteiger charge is 2.25. The molecule has 1 saturated heterocycles. The zero-order valence-electron chi connectivity index (χ0n) is 21.5. The quantitative estimate of drug-likeness (QED) is 0.414. The molecule has 37 heavy (non-hydrogen) atoms. The van der Waals surface area contributed by atoms with Crippen molar-refractivity contribution in [3.63, 3.8) is 0 Å². The fourth-order valence-electron chi connectivity index (χ4n) is 5.64. The third-order valence-corrected chi connectivity index (χ3v) is 7.71. The number of rotatable bonds is 5. The van der Waals surface area contributed by atoms with Gasteiger partial charge in [-0.2, -0.15) is 4.98 Å². The summed E-state index contributed by atoms with van der Waals surface area (Å²) in [5, 5.41) is 7.54. The maximum atomic E-state index is 14.0. The summed E-state index contributed by atoms with van der Waals surface area (Å²) in [6.07, 6.45) is 7.98. The van der Waals surface area contributed by atoms with Gasteiger partial charge in [0.2, 0.25) is 5.95 Å². The van der Waals surface area contributed by atoms with Crippen LogP contribution in [0, 0.1) is 13.8 Å². The molecule has 2 N–H and O–H groups in total. The second-order valence-corrected chi connectivity index (χ2v) is 10.2. The van der Waals surface area contributed by atoms with Crippen molar-refractivity contribution in [1.29, 1.82) is 0 Å². The summed E-state index contributed by atoms with van der Waals surface area (Å²) in [6, 6.07) is 12.4. The number of nitrogens with one attached hydrogen (secondary N) is 2. The molecule has 1 saturated carbocycles. The largest absolute Gasteiger partial charge is 0.368 e. The van der Waals surface area contributed by atoms with E-state index >= 15 is 0 Å². The molecule has 190 valence electrons. The van der Waals surface area contributed by atoms with Gasteiger partial charge in [0, 0.05) is 43.8 Å². The van der Waals surface area contributed by atoms with Crippen molar-refractivity contribution in [3.8, 4) is 11.1 Å². The van der Waals surface area contributed by atoms with E-state index in [1.54, 1.807) is 0 Å². The topological polar surface area (TPSA) is 88.0 Å². The molecule has 2 fully saturated rings.